The van der Waals surface area contributed by atoms with Crippen molar-refractivity contribution in [1.82, 2.24) is 20.1 Å². The minimum atomic E-state index is -0.365. The Kier molecular flexibility index (Phi) is 2.19. The van der Waals surface area contributed by atoms with Crippen LogP contribution in [0.5, 0.6) is 0 Å². The van der Waals surface area contributed by atoms with Gasteiger partial charge >= 0.3 is 0 Å². The first-order chi connectivity index (χ1) is 7.34. The Labute approximate surface area is 87.3 Å². The molecule has 6 nitrogen and oxygen atoms in total. The molecular weight excluding hydrogens is 196 g/mol. The summed E-state index contributed by atoms with van der Waals surface area (Å²) in [5.74, 6) is 1.55. The molecule has 6 heteroatoms. The summed E-state index contributed by atoms with van der Waals surface area (Å²) in [5.41, 5.74) is 0. The standard InChI is InChI=1S/C9H14N4O2/c14-6-1-2-10-8(6)9-11-7-5-15-4-3-13(7)12-9/h6,8,10,14H,1-5H2. The van der Waals surface area contributed by atoms with E-state index in [4.69, 9.17) is 4.74 Å². The maximum absolute atomic E-state index is 9.72. The number of aliphatic hydroxyl groups excluding tert-OH is 1. The van der Waals surface area contributed by atoms with Crippen LogP contribution >= 0.6 is 0 Å². The second-order valence-electron chi connectivity index (χ2n) is 3.95. The van der Waals surface area contributed by atoms with E-state index in [1.807, 2.05) is 4.68 Å². The van der Waals surface area contributed by atoms with E-state index in [0.717, 1.165) is 25.3 Å². The van der Waals surface area contributed by atoms with Gasteiger partial charge in [-0.15, -0.1) is 0 Å². The Morgan fingerprint density at radius 1 is 1.53 bits per heavy atom. The minimum absolute atomic E-state index is 0.108. The van der Waals surface area contributed by atoms with Crippen LogP contribution in [0.3, 0.4) is 0 Å². The van der Waals surface area contributed by atoms with Crippen LogP contribution in [0.25, 0.3) is 0 Å². The Hall–Kier alpha value is -0.980. The summed E-state index contributed by atoms with van der Waals surface area (Å²) in [6, 6.07) is -0.108. The van der Waals surface area contributed by atoms with Crippen LogP contribution < -0.4 is 5.32 Å². The first kappa shape index (κ1) is 9.26. The summed E-state index contributed by atoms with van der Waals surface area (Å²) in [4.78, 5) is 4.39. The number of fused-ring (bicyclic) bond motifs is 1. The molecule has 2 aliphatic heterocycles. The molecule has 3 rings (SSSR count). The van der Waals surface area contributed by atoms with Crippen LogP contribution in [-0.2, 0) is 17.9 Å². The Balaban J connectivity index is 1.88. The molecule has 1 aromatic heterocycles. The zero-order chi connectivity index (χ0) is 10.3. The van der Waals surface area contributed by atoms with E-state index in [1.165, 1.54) is 0 Å². The lowest BCUT2D eigenvalue weighted by molar-refractivity contribution is 0.0769. The summed E-state index contributed by atoms with van der Waals surface area (Å²) >= 11 is 0. The van der Waals surface area contributed by atoms with Gasteiger partial charge < -0.3 is 15.2 Å². The van der Waals surface area contributed by atoms with Gasteiger partial charge in [0.05, 0.1) is 25.3 Å². The third kappa shape index (κ3) is 1.54. The summed E-state index contributed by atoms with van der Waals surface area (Å²) in [6.07, 6.45) is 0.403. The van der Waals surface area contributed by atoms with E-state index in [0.29, 0.717) is 19.0 Å². The van der Waals surface area contributed by atoms with Crippen LogP contribution in [0.15, 0.2) is 0 Å². The highest BCUT2D eigenvalue weighted by molar-refractivity contribution is 5.03. The van der Waals surface area contributed by atoms with Crippen molar-refractivity contribution in [3.8, 4) is 0 Å². The smallest absolute Gasteiger partial charge is 0.170 e. The highest BCUT2D eigenvalue weighted by atomic mass is 16.5. The number of nitrogens with zero attached hydrogens (tertiary/aromatic N) is 3. The van der Waals surface area contributed by atoms with Crippen LogP contribution in [-0.4, -0.2) is 39.1 Å². The van der Waals surface area contributed by atoms with E-state index >= 15 is 0 Å². The van der Waals surface area contributed by atoms with E-state index < -0.39 is 0 Å². The predicted molar refractivity (Wildman–Crippen MR) is 51.0 cm³/mol. The summed E-state index contributed by atoms with van der Waals surface area (Å²) in [5, 5.41) is 17.3. The van der Waals surface area contributed by atoms with Crippen molar-refractivity contribution in [2.75, 3.05) is 13.2 Å². The monoisotopic (exact) mass is 210 g/mol. The van der Waals surface area contributed by atoms with Crippen LogP contribution in [0.1, 0.15) is 24.1 Å². The largest absolute Gasteiger partial charge is 0.391 e. The minimum Gasteiger partial charge on any atom is -0.391 e. The van der Waals surface area contributed by atoms with Crippen molar-refractivity contribution in [3.63, 3.8) is 0 Å². The van der Waals surface area contributed by atoms with Gasteiger partial charge in [0, 0.05) is 0 Å². The van der Waals surface area contributed by atoms with Gasteiger partial charge in [0.1, 0.15) is 6.61 Å². The van der Waals surface area contributed by atoms with Crippen molar-refractivity contribution in [2.45, 2.75) is 31.7 Å². The maximum atomic E-state index is 9.72. The first-order valence-electron chi connectivity index (χ1n) is 5.27. The highest BCUT2D eigenvalue weighted by Crippen LogP contribution is 2.21. The molecule has 0 aliphatic carbocycles. The van der Waals surface area contributed by atoms with Crippen LogP contribution in [0, 0.1) is 0 Å². The molecule has 1 saturated heterocycles. The molecule has 2 aliphatic rings. The first-order valence-corrected chi connectivity index (χ1v) is 5.27. The fourth-order valence-electron chi connectivity index (χ4n) is 2.08. The van der Waals surface area contributed by atoms with Gasteiger partial charge in [-0.3, -0.25) is 0 Å². The number of rotatable bonds is 1. The fraction of sp³-hybridized carbons (Fsp3) is 0.778. The second-order valence-corrected chi connectivity index (χ2v) is 3.95. The zero-order valence-electron chi connectivity index (χ0n) is 8.39. The lowest BCUT2D eigenvalue weighted by Crippen LogP contribution is -2.22. The van der Waals surface area contributed by atoms with Gasteiger partial charge in [0.2, 0.25) is 0 Å². The third-order valence-electron chi connectivity index (χ3n) is 2.91. The summed E-state index contributed by atoms with van der Waals surface area (Å²) in [7, 11) is 0. The third-order valence-corrected chi connectivity index (χ3v) is 2.91. The zero-order valence-corrected chi connectivity index (χ0v) is 8.39. The van der Waals surface area contributed by atoms with E-state index in [9.17, 15) is 5.11 Å². The van der Waals surface area contributed by atoms with Crippen LogP contribution in [0.2, 0.25) is 0 Å². The highest BCUT2D eigenvalue weighted by Gasteiger charge is 2.30. The SMILES string of the molecule is OC1CCNC1c1nc2n(n1)CCOC2. The number of hydrogen-bond donors (Lipinski definition) is 2. The molecule has 0 spiro atoms. The predicted octanol–water partition coefficient (Wildman–Crippen LogP) is -0.796. The van der Waals surface area contributed by atoms with Gasteiger partial charge in [-0.25, -0.2) is 9.67 Å². The quantitative estimate of drug-likeness (QED) is 0.635. The summed E-state index contributed by atoms with van der Waals surface area (Å²) < 4.78 is 7.16. The normalized spacial score (nSPS) is 30.5. The second kappa shape index (κ2) is 3.55. The average Bonchev–Trinajstić information content (AvgIpc) is 2.82. The molecule has 2 N–H and O–H groups in total. The molecule has 1 fully saturated rings. The molecule has 15 heavy (non-hydrogen) atoms. The molecule has 0 radical (unpaired) electrons. The average molecular weight is 210 g/mol. The van der Waals surface area contributed by atoms with Crippen molar-refractivity contribution in [3.05, 3.63) is 11.6 Å². The van der Waals surface area contributed by atoms with E-state index in [2.05, 4.69) is 15.4 Å². The molecule has 0 amide bonds. The van der Waals surface area contributed by atoms with Crippen LogP contribution in [0.4, 0.5) is 0 Å². The fourth-order valence-corrected chi connectivity index (χ4v) is 2.08. The maximum Gasteiger partial charge on any atom is 0.170 e. The molecule has 1 aromatic rings. The van der Waals surface area contributed by atoms with Crippen molar-refractivity contribution in [2.24, 2.45) is 0 Å². The Bertz CT molecular complexity index is 341. The number of nitrogens with one attached hydrogen (secondary N) is 1. The lowest BCUT2D eigenvalue weighted by atomic mass is 10.2. The molecule has 2 unspecified atom stereocenters. The van der Waals surface area contributed by atoms with Gasteiger partial charge in [-0.2, -0.15) is 5.10 Å². The Morgan fingerprint density at radius 2 is 2.47 bits per heavy atom. The molecule has 3 heterocycles. The lowest BCUT2D eigenvalue weighted by Gasteiger charge is -2.11. The molecule has 0 saturated carbocycles. The van der Waals surface area contributed by atoms with E-state index in [-0.39, 0.29) is 12.1 Å². The Morgan fingerprint density at radius 3 is 3.20 bits per heavy atom. The topological polar surface area (TPSA) is 72.2 Å². The number of aliphatic hydroxyl groups is 1. The van der Waals surface area contributed by atoms with Gasteiger partial charge in [0.15, 0.2) is 11.6 Å². The summed E-state index contributed by atoms with van der Waals surface area (Å²) in [6.45, 7) is 2.80. The van der Waals surface area contributed by atoms with E-state index in [1.54, 1.807) is 0 Å². The number of aromatic nitrogens is 3. The number of ether oxygens (including phenoxy) is 1. The molecule has 0 bridgehead atoms. The van der Waals surface area contributed by atoms with Crippen molar-refractivity contribution >= 4 is 0 Å². The molecule has 2 atom stereocenters. The molecule has 82 valence electrons. The van der Waals surface area contributed by atoms with Gasteiger partial charge in [-0.1, -0.05) is 0 Å². The van der Waals surface area contributed by atoms with Crippen molar-refractivity contribution < 1.29 is 9.84 Å². The van der Waals surface area contributed by atoms with Gasteiger partial charge in [0.25, 0.3) is 0 Å². The number of hydrogen-bond acceptors (Lipinski definition) is 5. The molecular formula is C9H14N4O2. The van der Waals surface area contributed by atoms with Crippen molar-refractivity contribution in [1.29, 1.82) is 0 Å². The molecule has 0 aromatic carbocycles. The van der Waals surface area contributed by atoms with Gasteiger partial charge in [-0.05, 0) is 13.0 Å².